The topological polar surface area (TPSA) is 58.4 Å². The molecule has 1 amide bonds. The Kier molecular flexibility index (Phi) is 3.69. The van der Waals surface area contributed by atoms with Gasteiger partial charge >= 0.3 is 0 Å². The van der Waals surface area contributed by atoms with E-state index in [1.165, 1.54) is 0 Å². The minimum absolute atomic E-state index is 0.0414. The van der Waals surface area contributed by atoms with Crippen LogP contribution in [0.1, 0.15) is 12.8 Å². The van der Waals surface area contributed by atoms with Gasteiger partial charge in [-0.15, -0.1) is 0 Å². The summed E-state index contributed by atoms with van der Waals surface area (Å²) >= 11 is 0. The van der Waals surface area contributed by atoms with E-state index < -0.39 is 0 Å². The van der Waals surface area contributed by atoms with Gasteiger partial charge in [0.1, 0.15) is 0 Å². The zero-order chi connectivity index (χ0) is 9.84. The monoisotopic (exact) mass is 185 g/mol. The van der Waals surface area contributed by atoms with Gasteiger partial charge in [0.15, 0.2) is 0 Å². The number of hydrogen-bond acceptors (Lipinski definition) is 3. The smallest absolute Gasteiger partial charge is 0.236 e. The second-order valence-corrected chi connectivity index (χ2v) is 3.80. The summed E-state index contributed by atoms with van der Waals surface area (Å²) in [5.41, 5.74) is 5.83. The molecule has 2 atom stereocenters. The van der Waals surface area contributed by atoms with Crippen LogP contribution in [0.3, 0.4) is 0 Å². The number of hydrogen-bond donors (Lipinski definition) is 2. The average Bonchev–Trinajstić information content (AvgIpc) is 2.15. The summed E-state index contributed by atoms with van der Waals surface area (Å²) in [6, 6.07) is -0.340. The largest absolute Gasteiger partial charge is 0.358 e. The van der Waals surface area contributed by atoms with Crippen molar-refractivity contribution in [3.05, 3.63) is 0 Å². The van der Waals surface area contributed by atoms with E-state index in [-0.39, 0.29) is 11.9 Å². The molecule has 0 aromatic rings. The Hall–Kier alpha value is -0.610. The summed E-state index contributed by atoms with van der Waals surface area (Å²) in [4.78, 5) is 13.5. The summed E-state index contributed by atoms with van der Waals surface area (Å²) in [6.45, 7) is 2.06. The fraction of sp³-hybridized carbons (Fsp3) is 0.889. The van der Waals surface area contributed by atoms with Crippen molar-refractivity contribution in [3.8, 4) is 0 Å². The van der Waals surface area contributed by atoms with Crippen LogP contribution in [0, 0.1) is 5.92 Å². The molecule has 0 radical (unpaired) electrons. The number of nitrogens with zero attached hydrogens (tertiary/aromatic N) is 1. The van der Waals surface area contributed by atoms with Crippen molar-refractivity contribution in [2.24, 2.45) is 11.7 Å². The molecule has 0 aromatic carbocycles. The number of likely N-dealkylation sites (N-methyl/N-ethyl adjacent to an activating group) is 1. The highest BCUT2D eigenvalue weighted by molar-refractivity contribution is 5.81. The molecule has 1 aliphatic heterocycles. The molecule has 1 aliphatic rings. The summed E-state index contributed by atoms with van der Waals surface area (Å²) in [7, 11) is 3.71. The first-order chi connectivity index (χ1) is 6.15. The van der Waals surface area contributed by atoms with Gasteiger partial charge < -0.3 is 16.0 Å². The zero-order valence-electron chi connectivity index (χ0n) is 8.42. The molecule has 1 rings (SSSR count). The molecule has 0 bridgehead atoms. The zero-order valence-corrected chi connectivity index (χ0v) is 8.42. The van der Waals surface area contributed by atoms with Crippen LogP contribution >= 0.6 is 0 Å². The quantitative estimate of drug-likeness (QED) is 0.604. The van der Waals surface area contributed by atoms with Gasteiger partial charge in [0.25, 0.3) is 0 Å². The van der Waals surface area contributed by atoms with Gasteiger partial charge in [-0.3, -0.25) is 4.79 Å². The third kappa shape index (κ3) is 2.67. The van der Waals surface area contributed by atoms with Gasteiger partial charge in [0.05, 0.1) is 6.04 Å². The van der Waals surface area contributed by atoms with Crippen molar-refractivity contribution < 1.29 is 4.79 Å². The first-order valence-corrected chi connectivity index (χ1v) is 4.81. The van der Waals surface area contributed by atoms with Gasteiger partial charge in [-0.05, 0) is 32.4 Å². The third-order valence-corrected chi connectivity index (χ3v) is 2.72. The van der Waals surface area contributed by atoms with Crippen molar-refractivity contribution in [2.45, 2.75) is 18.9 Å². The predicted octanol–water partition coefficient (Wildman–Crippen LogP) is -0.598. The molecule has 2 unspecified atom stereocenters. The number of rotatable bonds is 2. The van der Waals surface area contributed by atoms with Crippen molar-refractivity contribution in [3.63, 3.8) is 0 Å². The molecule has 0 aromatic heterocycles. The van der Waals surface area contributed by atoms with E-state index in [0.29, 0.717) is 5.92 Å². The molecule has 1 heterocycles. The second-order valence-electron chi connectivity index (χ2n) is 3.80. The van der Waals surface area contributed by atoms with Crippen LogP contribution in [-0.2, 0) is 4.79 Å². The predicted molar refractivity (Wildman–Crippen MR) is 52.3 cm³/mol. The summed E-state index contributed by atoms with van der Waals surface area (Å²) in [5, 5.41) is 2.59. The summed E-state index contributed by atoms with van der Waals surface area (Å²) in [5.74, 6) is 0.277. The second kappa shape index (κ2) is 4.58. The Morgan fingerprint density at radius 3 is 2.92 bits per heavy atom. The van der Waals surface area contributed by atoms with Gasteiger partial charge in [0.2, 0.25) is 5.91 Å². The molecule has 4 heteroatoms. The number of piperidine rings is 1. The molecule has 3 N–H and O–H groups in total. The van der Waals surface area contributed by atoms with Gasteiger partial charge in [-0.2, -0.15) is 0 Å². The maximum Gasteiger partial charge on any atom is 0.236 e. The van der Waals surface area contributed by atoms with Crippen LogP contribution < -0.4 is 11.1 Å². The van der Waals surface area contributed by atoms with E-state index in [9.17, 15) is 4.79 Å². The van der Waals surface area contributed by atoms with Crippen molar-refractivity contribution in [1.82, 2.24) is 10.2 Å². The normalized spacial score (nSPS) is 26.8. The van der Waals surface area contributed by atoms with Crippen LogP contribution in [0.2, 0.25) is 0 Å². The lowest BCUT2D eigenvalue weighted by molar-refractivity contribution is -0.123. The summed E-state index contributed by atoms with van der Waals surface area (Å²) < 4.78 is 0. The van der Waals surface area contributed by atoms with Crippen LogP contribution in [0.4, 0.5) is 0 Å². The number of amides is 1. The first-order valence-electron chi connectivity index (χ1n) is 4.81. The number of carbonyl (C=O) groups excluding carboxylic acids is 1. The van der Waals surface area contributed by atoms with Crippen LogP contribution in [0.5, 0.6) is 0 Å². The Morgan fingerprint density at radius 2 is 2.38 bits per heavy atom. The molecule has 0 spiro atoms. The molecule has 1 saturated heterocycles. The average molecular weight is 185 g/mol. The van der Waals surface area contributed by atoms with E-state index in [1.54, 1.807) is 7.05 Å². The first kappa shape index (κ1) is 10.5. The standard InChI is InChI=1S/C9H19N3O/c1-11-9(13)8(10)7-4-3-5-12(2)6-7/h7-8H,3-6,10H2,1-2H3,(H,11,13). The van der Waals surface area contributed by atoms with Crippen molar-refractivity contribution in [1.29, 1.82) is 0 Å². The van der Waals surface area contributed by atoms with Crippen LogP contribution in [-0.4, -0.2) is 44.0 Å². The maximum atomic E-state index is 11.3. The molecular formula is C9H19N3O. The maximum absolute atomic E-state index is 11.3. The SMILES string of the molecule is CNC(=O)C(N)C1CCCN(C)C1. The third-order valence-electron chi connectivity index (χ3n) is 2.72. The molecule has 0 aliphatic carbocycles. The minimum atomic E-state index is -0.340. The van der Waals surface area contributed by atoms with Gasteiger partial charge in [-0.1, -0.05) is 0 Å². The fourth-order valence-corrected chi connectivity index (χ4v) is 1.88. The Bertz CT molecular complexity index is 184. The number of likely N-dealkylation sites (tertiary alicyclic amines) is 1. The summed E-state index contributed by atoms with van der Waals surface area (Å²) in [6.07, 6.45) is 2.21. The molecule has 1 fully saturated rings. The Morgan fingerprint density at radius 1 is 1.69 bits per heavy atom. The van der Waals surface area contributed by atoms with Crippen LogP contribution in [0.15, 0.2) is 0 Å². The fourth-order valence-electron chi connectivity index (χ4n) is 1.88. The number of nitrogens with one attached hydrogen (secondary N) is 1. The lowest BCUT2D eigenvalue weighted by Crippen LogP contribution is -2.49. The van der Waals surface area contributed by atoms with Crippen molar-refractivity contribution in [2.75, 3.05) is 27.2 Å². The minimum Gasteiger partial charge on any atom is -0.358 e. The highest BCUT2D eigenvalue weighted by Crippen LogP contribution is 2.17. The Balaban J connectivity index is 2.45. The van der Waals surface area contributed by atoms with E-state index in [0.717, 1.165) is 25.9 Å². The molecule has 0 saturated carbocycles. The molecule has 76 valence electrons. The van der Waals surface area contributed by atoms with E-state index in [1.807, 2.05) is 0 Å². The number of carbonyl (C=O) groups is 1. The van der Waals surface area contributed by atoms with E-state index in [2.05, 4.69) is 17.3 Å². The van der Waals surface area contributed by atoms with E-state index >= 15 is 0 Å². The highest BCUT2D eigenvalue weighted by atomic mass is 16.2. The molecular weight excluding hydrogens is 166 g/mol. The van der Waals surface area contributed by atoms with Crippen LogP contribution in [0.25, 0.3) is 0 Å². The van der Waals surface area contributed by atoms with Crippen molar-refractivity contribution >= 4 is 5.91 Å². The van der Waals surface area contributed by atoms with E-state index in [4.69, 9.17) is 5.73 Å². The van der Waals surface area contributed by atoms with Gasteiger partial charge in [-0.25, -0.2) is 0 Å². The Labute approximate surface area is 79.5 Å². The van der Waals surface area contributed by atoms with Gasteiger partial charge in [0, 0.05) is 13.6 Å². The molecule has 4 nitrogen and oxygen atoms in total. The lowest BCUT2D eigenvalue weighted by atomic mass is 9.91. The molecule has 13 heavy (non-hydrogen) atoms. The number of nitrogens with two attached hydrogens (primary N) is 1. The lowest BCUT2D eigenvalue weighted by Gasteiger charge is -2.32. The highest BCUT2D eigenvalue weighted by Gasteiger charge is 2.27.